The van der Waals surface area contributed by atoms with Crippen molar-refractivity contribution < 1.29 is 14.2 Å². The van der Waals surface area contributed by atoms with Gasteiger partial charge in [-0.05, 0) is 47.5 Å². The lowest BCUT2D eigenvalue weighted by Gasteiger charge is -2.14. The molecule has 106 valence electrons. The molecule has 0 fully saturated rings. The van der Waals surface area contributed by atoms with Crippen molar-refractivity contribution in [2.75, 3.05) is 7.11 Å². The van der Waals surface area contributed by atoms with Crippen molar-refractivity contribution in [3.05, 3.63) is 62.3 Å². The first-order valence-corrected chi connectivity index (χ1v) is 7.54. The van der Waals surface area contributed by atoms with Crippen LogP contribution in [0.5, 0.6) is 5.75 Å². The molecule has 2 aromatic rings. The monoisotopic (exact) mass is 402 g/mol. The number of ether oxygens (including phenoxy) is 1. The van der Waals surface area contributed by atoms with Gasteiger partial charge in [-0.2, -0.15) is 0 Å². The minimum Gasteiger partial charge on any atom is -0.497 e. The normalized spacial score (nSPS) is 12.2. The van der Waals surface area contributed by atoms with E-state index in [0.717, 1.165) is 15.8 Å². The molecule has 0 bridgehead atoms. The summed E-state index contributed by atoms with van der Waals surface area (Å²) in [6.45, 7) is 0. The summed E-state index contributed by atoms with van der Waals surface area (Å²) < 4.78 is 20.0. The van der Waals surface area contributed by atoms with Gasteiger partial charge in [-0.1, -0.05) is 31.9 Å². The van der Waals surface area contributed by atoms with Gasteiger partial charge in [0.25, 0.3) is 0 Å². The summed E-state index contributed by atoms with van der Waals surface area (Å²) in [6, 6.07) is 9.95. The molecule has 2 nitrogen and oxygen atoms in total. The Labute approximate surface area is 133 Å². The highest BCUT2D eigenvalue weighted by atomic mass is 79.9. The highest BCUT2D eigenvalue weighted by molar-refractivity contribution is 9.10. The fraction of sp³-hybridized carbons (Fsp3) is 0.200. The van der Waals surface area contributed by atoms with E-state index in [0.29, 0.717) is 16.5 Å². The lowest BCUT2D eigenvalue weighted by Crippen LogP contribution is -2.03. The Hall–Kier alpha value is -0.910. The lowest BCUT2D eigenvalue weighted by atomic mass is 10.0. The molecule has 20 heavy (non-hydrogen) atoms. The number of rotatable bonds is 4. The molecule has 0 spiro atoms. The van der Waals surface area contributed by atoms with Crippen LogP contribution in [0, 0.1) is 5.82 Å². The van der Waals surface area contributed by atoms with Crippen LogP contribution in [-0.4, -0.2) is 12.2 Å². The molecular formula is C15H13Br2FO2. The third-order valence-electron chi connectivity index (χ3n) is 2.94. The van der Waals surface area contributed by atoms with Crippen LogP contribution in [0.25, 0.3) is 0 Å². The number of halogens is 3. The first-order chi connectivity index (χ1) is 9.49. The van der Waals surface area contributed by atoms with Crippen LogP contribution >= 0.6 is 31.9 Å². The molecule has 0 aliphatic heterocycles. The molecule has 2 rings (SSSR count). The zero-order valence-electron chi connectivity index (χ0n) is 10.7. The molecule has 0 amide bonds. The van der Waals surface area contributed by atoms with Gasteiger partial charge in [-0.25, -0.2) is 4.39 Å². The summed E-state index contributed by atoms with van der Waals surface area (Å²) in [5.41, 5.74) is 1.43. The quantitative estimate of drug-likeness (QED) is 0.805. The van der Waals surface area contributed by atoms with Crippen molar-refractivity contribution in [3.8, 4) is 5.75 Å². The number of benzene rings is 2. The molecule has 0 aromatic heterocycles. The Bertz CT molecular complexity index is 597. The second-order valence-corrected chi connectivity index (χ2v) is 6.15. The van der Waals surface area contributed by atoms with E-state index in [-0.39, 0.29) is 5.82 Å². The maximum Gasteiger partial charge on any atom is 0.124 e. The Morgan fingerprint density at radius 3 is 2.60 bits per heavy atom. The molecule has 0 aliphatic rings. The Balaban J connectivity index is 2.24. The van der Waals surface area contributed by atoms with Crippen LogP contribution in [0.3, 0.4) is 0 Å². The van der Waals surface area contributed by atoms with Crippen LogP contribution in [0.4, 0.5) is 4.39 Å². The standard InChI is InChI=1S/C15H13Br2FO2/c1-20-13-2-3-14(17)9(6-13)7-15(19)10-4-11(16)8-12(18)5-10/h2-6,8,15,19H,7H2,1H3. The minimum absolute atomic E-state index is 0.369. The molecule has 0 aliphatic carbocycles. The number of aliphatic hydroxyl groups is 1. The second-order valence-electron chi connectivity index (χ2n) is 4.38. The summed E-state index contributed by atoms with van der Waals surface area (Å²) in [5.74, 6) is 0.342. The minimum atomic E-state index is -0.787. The van der Waals surface area contributed by atoms with E-state index in [9.17, 15) is 9.50 Å². The molecule has 0 saturated carbocycles. The average molecular weight is 404 g/mol. The summed E-state index contributed by atoms with van der Waals surface area (Å²) in [4.78, 5) is 0. The van der Waals surface area contributed by atoms with Gasteiger partial charge in [0.1, 0.15) is 11.6 Å². The Morgan fingerprint density at radius 2 is 1.95 bits per heavy atom. The molecule has 5 heteroatoms. The Kier molecular flexibility index (Phi) is 5.18. The van der Waals surface area contributed by atoms with Crippen molar-refractivity contribution in [1.82, 2.24) is 0 Å². The highest BCUT2D eigenvalue weighted by Gasteiger charge is 2.13. The molecular weight excluding hydrogens is 391 g/mol. The summed E-state index contributed by atoms with van der Waals surface area (Å²) >= 11 is 6.66. The molecule has 0 saturated heterocycles. The zero-order chi connectivity index (χ0) is 14.7. The van der Waals surface area contributed by atoms with Gasteiger partial charge in [-0.15, -0.1) is 0 Å². The van der Waals surface area contributed by atoms with Crippen molar-refractivity contribution in [1.29, 1.82) is 0 Å². The van der Waals surface area contributed by atoms with Gasteiger partial charge in [0.05, 0.1) is 13.2 Å². The Morgan fingerprint density at radius 1 is 1.20 bits per heavy atom. The molecule has 0 heterocycles. The summed E-state index contributed by atoms with van der Waals surface area (Å²) in [7, 11) is 1.59. The average Bonchev–Trinajstić information content (AvgIpc) is 2.40. The molecule has 0 radical (unpaired) electrons. The third kappa shape index (κ3) is 3.81. The van der Waals surface area contributed by atoms with E-state index >= 15 is 0 Å². The van der Waals surface area contributed by atoms with Crippen molar-refractivity contribution in [2.24, 2.45) is 0 Å². The van der Waals surface area contributed by atoms with E-state index in [4.69, 9.17) is 4.74 Å². The second kappa shape index (κ2) is 6.70. The van der Waals surface area contributed by atoms with Gasteiger partial charge in [0, 0.05) is 15.4 Å². The van der Waals surface area contributed by atoms with E-state index in [2.05, 4.69) is 31.9 Å². The SMILES string of the molecule is COc1ccc(Br)c(CC(O)c2cc(F)cc(Br)c2)c1. The van der Waals surface area contributed by atoms with Gasteiger partial charge in [0.15, 0.2) is 0 Å². The van der Waals surface area contributed by atoms with E-state index in [1.807, 2.05) is 18.2 Å². The first kappa shape index (κ1) is 15.5. The van der Waals surface area contributed by atoms with Crippen molar-refractivity contribution in [3.63, 3.8) is 0 Å². The summed E-state index contributed by atoms with van der Waals surface area (Å²) in [5, 5.41) is 10.3. The van der Waals surface area contributed by atoms with E-state index < -0.39 is 6.10 Å². The van der Waals surface area contributed by atoms with Crippen LogP contribution < -0.4 is 4.74 Å². The fourth-order valence-electron chi connectivity index (χ4n) is 1.93. The topological polar surface area (TPSA) is 29.5 Å². The smallest absolute Gasteiger partial charge is 0.124 e. The zero-order valence-corrected chi connectivity index (χ0v) is 13.9. The largest absolute Gasteiger partial charge is 0.497 e. The fourth-order valence-corrected chi connectivity index (χ4v) is 2.82. The van der Waals surface area contributed by atoms with Crippen molar-refractivity contribution in [2.45, 2.75) is 12.5 Å². The van der Waals surface area contributed by atoms with Crippen LogP contribution in [0.2, 0.25) is 0 Å². The van der Waals surface area contributed by atoms with Gasteiger partial charge in [-0.3, -0.25) is 0 Å². The number of hydrogen-bond donors (Lipinski definition) is 1. The van der Waals surface area contributed by atoms with Crippen LogP contribution in [-0.2, 0) is 6.42 Å². The van der Waals surface area contributed by atoms with E-state index in [1.54, 1.807) is 13.2 Å². The van der Waals surface area contributed by atoms with Crippen molar-refractivity contribution >= 4 is 31.9 Å². The maximum atomic E-state index is 13.4. The summed E-state index contributed by atoms with van der Waals surface area (Å²) in [6.07, 6.45) is -0.418. The molecule has 1 atom stereocenters. The van der Waals surface area contributed by atoms with Crippen LogP contribution in [0.1, 0.15) is 17.2 Å². The van der Waals surface area contributed by atoms with Gasteiger partial charge < -0.3 is 9.84 Å². The van der Waals surface area contributed by atoms with Gasteiger partial charge >= 0.3 is 0 Å². The van der Waals surface area contributed by atoms with Crippen LogP contribution in [0.15, 0.2) is 45.3 Å². The number of aliphatic hydroxyl groups excluding tert-OH is 1. The predicted molar refractivity (Wildman–Crippen MR) is 83.5 cm³/mol. The van der Waals surface area contributed by atoms with Gasteiger partial charge in [0.2, 0.25) is 0 Å². The number of hydrogen-bond acceptors (Lipinski definition) is 2. The molecule has 2 aromatic carbocycles. The lowest BCUT2D eigenvalue weighted by molar-refractivity contribution is 0.177. The molecule has 1 N–H and O–H groups in total. The highest BCUT2D eigenvalue weighted by Crippen LogP contribution is 2.28. The first-order valence-electron chi connectivity index (χ1n) is 5.96. The van der Waals surface area contributed by atoms with E-state index in [1.165, 1.54) is 12.1 Å². The maximum absolute atomic E-state index is 13.4. The molecule has 1 unspecified atom stereocenters. The number of methoxy groups -OCH3 is 1. The third-order valence-corrected chi connectivity index (χ3v) is 4.17. The predicted octanol–water partition coefficient (Wildman–Crippen LogP) is 4.64.